The van der Waals surface area contributed by atoms with E-state index >= 15 is 0 Å². The van der Waals surface area contributed by atoms with Gasteiger partial charge in [-0.25, -0.2) is 5.01 Å². The van der Waals surface area contributed by atoms with E-state index in [0.29, 0.717) is 22.7 Å². The van der Waals surface area contributed by atoms with Gasteiger partial charge in [0.2, 0.25) is 0 Å². The smallest absolute Gasteiger partial charge is 0.282 e. The summed E-state index contributed by atoms with van der Waals surface area (Å²) in [5.41, 5.74) is 5.41. The third kappa shape index (κ3) is 5.22. The van der Waals surface area contributed by atoms with Crippen LogP contribution in [0, 0.1) is 6.92 Å². The standard InChI is InChI=1S/C25H20ClN3O4/c1-16-7-10-18(11-8-16)27-23(30)15-33-22-12-9-17(14-21(22)26)13-20-24(31)28-29(25(20)32)19-5-3-2-4-6-19/h2-14H,15H2,1H3,(H,27,30)(H,28,31). The number of carbonyl (C=O) groups is 3. The molecule has 0 saturated carbocycles. The van der Waals surface area contributed by atoms with Crippen LogP contribution < -0.4 is 20.5 Å². The Morgan fingerprint density at radius 2 is 1.79 bits per heavy atom. The van der Waals surface area contributed by atoms with E-state index in [-0.39, 0.29) is 23.1 Å². The van der Waals surface area contributed by atoms with Crippen molar-refractivity contribution in [3.8, 4) is 5.75 Å². The number of halogens is 1. The summed E-state index contributed by atoms with van der Waals surface area (Å²) in [6, 6.07) is 21.0. The molecule has 1 aliphatic heterocycles. The van der Waals surface area contributed by atoms with E-state index in [4.69, 9.17) is 16.3 Å². The minimum Gasteiger partial charge on any atom is -0.482 e. The van der Waals surface area contributed by atoms with Gasteiger partial charge in [0.05, 0.1) is 10.7 Å². The number of aryl methyl sites for hydroxylation is 1. The number of nitrogens with one attached hydrogen (secondary N) is 2. The minimum atomic E-state index is -0.506. The van der Waals surface area contributed by atoms with Gasteiger partial charge in [-0.3, -0.25) is 19.8 Å². The molecule has 0 radical (unpaired) electrons. The Morgan fingerprint density at radius 1 is 1.06 bits per heavy atom. The molecule has 2 N–H and O–H groups in total. The van der Waals surface area contributed by atoms with Crippen LogP contribution >= 0.6 is 11.6 Å². The Balaban J connectivity index is 1.41. The largest absolute Gasteiger partial charge is 0.482 e. The molecule has 1 aliphatic rings. The normalized spacial score (nSPS) is 14.4. The molecule has 0 aromatic heterocycles. The number of ether oxygens (including phenoxy) is 1. The number of carbonyl (C=O) groups excluding carboxylic acids is 3. The van der Waals surface area contributed by atoms with E-state index < -0.39 is 11.8 Å². The lowest BCUT2D eigenvalue weighted by Crippen LogP contribution is -2.35. The van der Waals surface area contributed by atoms with Gasteiger partial charge in [0.15, 0.2) is 6.61 Å². The predicted octanol–water partition coefficient (Wildman–Crippen LogP) is 4.13. The van der Waals surface area contributed by atoms with Crippen LogP contribution in [0.3, 0.4) is 0 Å². The first-order valence-electron chi connectivity index (χ1n) is 10.1. The second kappa shape index (κ2) is 9.58. The van der Waals surface area contributed by atoms with Crippen LogP contribution in [-0.4, -0.2) is 24.3 Å². The van der Waals surface area contributed by atoms with Crippen molar-refractivity contribution in [2.75, 3.05) is 16.9 Å². The van der Waals surface area contributed by atoms with Gasteiger partial charge < -0.3 is 10.1 Å². The Morgan fingerprint density at radius 3 is 2.48 bits per heavy atom. The zero-order chi connectivity index (χ0) is 23.4. The number of para-hydroxylation sites is 1. The summed E-state index contributed by atoms with van der Waals surface area (Å²) in [6.45, 7) is 1.74. The molecule has 7 nitrogen and oxygen atoms in total. The molecular formula is C25H20ClN3O4. The maximum Gasteiger partial charge on any atom is 0.282 e. The fourth-order valence-corrected chi connectivity index (χ4v) is 3.43. The van der Waals surface area contributed by atoms with Crippen LogP contribution in [0.1, 0.15) is 11.1 Å². The molecule has 3 amide bonds. The quantitative estimate of drug-likeness (QED) is 0.427. The Labute approximate surface area is 195 Å². The maximum absolute atomic E-state index is 12.7. The number of hydrazine groups is 1. The second-order valence-electron chi connectivity index (χ2n) is 7.37. The number of nitrogens with zero attached hydrogens (tertiary/aromatic N) is 1. The molecule has 1 fully saturated rings. The molecule has 1 heterocycles. The van der Waals surface area contributed by atoms with Gasteiger partial charge in [0.25, 0.3) is 17.7 Å². The summed E-state index contributed by atoms with van der Waals surface area (Å²) in [6.07, 6.45) is 1.46. The molecule has 8 heteroatoms. The monoisotopic (exact) mass is 461 g/mol. The lowest BCUT2D eigenvalue weighted by atomic mass is 10.1. The average molecular weight is 462 g/mol. The highest BCUT2D eigenvalue weighted by Gasteiger charge is 2.34. The van der Waals surface area contributed by atoms with Crippen LogP contribution in [0.25, 0.3) is 6.08 Å². The first kappa shape index (κ1) is 22.1. The van der Waals surface area contributed by atoms with Crippen LogP contribution in [-0.2, 0) is 14.4 Å². The van der Waals surface area contributed by atoms with Gasteiger partial charge in [-0.15, -0.1) is 0 Å². The number of amides is 3. The summed E-state index contributed by atoms with van der Waals surface area (Å²) in [4.78, 5) is 37.1. The second-order valence-corrected chi connectivity index (χ2v) is 7.77. The fourth-order valence-electron chi connectivity index (χ4n) is 3.18. The van der Waals surface area contributed by atoms with Crippen molar-refractivity contribution in [1.29, 1.82) is 0 Å². The maximum atomic E-state index is 12.7. The number of hydrogen-bond acceptors (Lipinski definition) is 4. The first-order valence-corrected chi connectivity index (χ1v) is 10.5. The van der Waals surface area contributed by atoms with Gasteiger partial charge >= 0.3 is 0 Å². The van der Waals surface area contributed by atoms with E-state index in [0.717, 1.165) is 5.56 Å². The van der Waals surface area contributed by atoms with Crippen molar-refractivity contribution in [1.82, 2.24) is 5.43 Å². The van der Waals surface area contributed by atoms with Crippen LogP contribution in [0.2, 0.25) is 5.02 Å². The molecule has 0 unspecified atom stereocenters. The molecule has 0 bridgehead atoms. The Bertz CT molecular complexity index is 1240. The van der Waals surface area contributed by atoms with Crippen molar-refractivity contribution in [3.63, 3.8) is 0 Å². The molecule has 3 aromatic carbocycles. The van der Waals surface area contributed by atoms with Crippen molar-refractivity contribution in [2.45, 2.75) is 6.92 Å². The van der Waals surface area contributed by atoms with Gasteiger partial charge in [0.1, 0.15) is 11.3 Å². The van der Waals surface area contributed by atoms with Crippen LogP contribution in [0.15, 0.2) is 78.4 Å². The molecule has 4 rings (SSSR count). The first-order chi connectivity index (χ1) is 15.9. The number of benzene rings is 3. The topological polar surface area (TPSA) is 87.7 Å². The SMILES string of the molecule is Cc1ccc(NC(=O)COc2ccc(C=C3C(=O)NN(c4ccccc4)C3=O)cc2Cl)cc1. The zero-order valence-corrected chi connectivity index (χ0v) is 18.4. The van der Waals surface area contributed by atoms with Crippen LogP contribution in [0.4, 0.5) is 11.4 Å². The third-order valence-electron chi connectivity index (χ3n) is 4.87. The van der Waals surface area contributed by atoms with E-state index in [1.54, 1.807) is 42.5 Å². The highest BCUT2D eigenvalue weighted by molar-refractivity contribution is 6.33. The lowest BCUT2D eigenvalue weighted by Gasteiger charge is -2.13. The molecule has 166 valence electrons. The highest BCUT2D eigenvalue weighted by atomic mass is 35.5. The zero-order valence-electron chi connectivity index (χ0n) is 17.7. The van der Waals surface area contributed by atoms with E-state index in [9.17, 15) is 14.4 Å². The summed E-state index contributed by atoms with van der Waals surface area (Å²) in [5, 5.41) is 4.19. The Kier molecular flexibility index (Phi) is 6.42. The summed E-state index contributed by atoms with van der Waals surface area (Å²) < 4.78 is 5.52. The minimum absolute atomic E-state index is 0.0129. The predicted molar refractivity (Wildman–Crippen MR) is 127 cm³/mol. The molecule has 1 saturated heterocycles. The number of anilines is 2. The fraction of sp³-hybridized carbons (Fsp3) is 0.0800. The van der Waals surface area contributed by atoms with E-state index in [2.05, 4.69) is 10.7 Å². The van der Waals surface area contributed by atoms with Crippen LogP contribution in [0.5, 0.6) is 5.75 Å². The molecule has 3 aromatic rings. The lowest BCUT2D eigenvalue weighted by molar-refractivity contribution is -0.118. The van der Waals surface area contributed by atoms with Crippen molar-refractivity contribution in [2.24, 2.45) is 0 Å². The summed E-state index contributed by atoms with van der Waals surface area (Å²) in [5.74, 6) is -0.982. The van der Waals surface area contributed by atoms with Crippen molar-refractivity contribution in [3.05, 3.63) is 94.5 Å². The van der Waals surface area contributed by atoms with Gasteiger partial charge in [-0.05, 0) is 55.0 Å². The Hall–Kier alpha value is -4.10. The molecule has 0 spiro atoms. The number of rotatable bonds is 6. The van der Waals surface area contributed by atoms with Crippen molar-refractivity contribution < 1.29 is 19.1 Å². The summed E-state index contributed by atoms with van der Waals surface area (Å²) >= 11 is 6.29. The molecule has 0 aliphatic carbocycles. The summed E-state index contributed by atoms with van der Waals surface area (Å²) in [7, 11) is 0. The molecule has 0 atom stereocenters. The van der Waals surface area contributed by atoms with Gasteiger partial charge in [-0.1, -0.05) is 53.6 Å². The van der Waals surface area contributed by atoms with E-state index in [1.165, 1.54) is 11.1 Å². The molecule has 33 heavy (non-hydrogen) atoms. The van der Waals surface area contributed by atoms with E-state index in [1.807, 2.05) is 37.3 Å². The van der Waals surface area contributed by atoms with Gasteiger partial charge in [0, 0.05) is 5.69 Å². The van der Waals surface area contributed by atoms with Gasteiger partial charge in [-0.2, -0.15) is 0 Å². The number of hydrogen-bond donors (Lipinski definition) is 2. The average Bonchev–Trinajstić information content (AvgIpc) is 3.09. The van der Waals surface area contributed by atoms with Crippen molar-refractivity contribution >= 4 is 46.8 Å². The third-order valence-corrected chi connectivity index (χ3v) is 5.16. The highest BCUT2D eigenvalue weighted by Crippen LogP contribution is 2.28. The molecular weight excluding hydrogens is 442 g/mol.